The van der Waals surface area contributed by atoms with Crippen LogP contribution in [0.25, 0.3) is 0 Å². The van der Waals surface area contributed by atoms with E-state index in [9.17, 15) is 13.2 Å². The van der Waals surface area contributed by atoms with Gasteiger partial charge in [-0.05, 0) is 37.3 Å². The van der Waals surface area contributed by atoms with Gasteiger partial charge in [-0.25, -0.2) is 12.7 Å². The molecule has 7 heteroatoms. The van der Waals surface area contributed by atoms with E-state index in [2.05, 4.69) is 4.98 Å². The number of hydrogen-bond acceptors (Lipinski definition) is 4. The summed E-state index contributed by atoms with van der Waals surface area (Å²) in [6.45, 7) is 1.61. The molecular weight excluding hydrogens is 314 g/mol. The van der Waals surface area contributed by atoms with Gasteiger partial charge in [0.05, 0.1) is 6.26 Å². The summed E-state index contributed by atoms with van der Waals surface area (Å²) in [5, 5.41) is 0. The minimum Gasteiger partial charge on any atom is -0.333 e. The second-order valence-corrected chi connectivity index (χ2v) is 8.56. The highest BCUT2D eigenvalue weighted by Crippen LogP contribution is 2.40. The fourth-order valence-electron chi connectivity index (χ4n) is 3.81. The lowest BCUT2D eigenvalue weighted by Gasteiger charge is -2.38. The van der Waals surface area contributed by atoms with Gasteiger partial charge in [0.15, 0.2) is 0 Å². The Kier molecular flexibility index (Phi) is 4.42. The molecule has 1 amide bonds. The van der Waals surface area contributed by atoms with Crippen LogP contribution in [0, 0.1) is 0 Å². The number of hydrogen-bond donors (Lipinski definition) is 0. The second kappa shape index (κ2) is 6.20. The number of nitrogens with zero attached hydrogens (tertiary/aromatic N) is 3. The molecule has 1 atom stereocenters. The van der Waals surface area contributed by atoms with E-state index < -0.39 is 10.0 Å². The van der Waals surface area contributed by atoms with E-state index in [1.165, 1.54) is 6.26 Å². The van der Waals surface area contributed by atoms with E-state index in [1.54, 1.807) is 16.7 Å². The average molecular weight is 337 g/mol. The molecule has 2 fully saturated rings. The van der Waals surface area contributed by atoms with E-state index in [1.807, 2.05) is 17.0 Å². The van der Waals surface area contributed by atoms with Crippen LogP contribution in [-0.2, 0) is 21.4 Å². The summed E-state index contributed by atoms with van der Waals surface area (Å²) in [6.07, 6.45) is 8.53. The lowest BCUT2D eigenvalue weighted by atomic mass is 9.87. The predicted molar refractivity (Wildman–Crippen MR) is 87.0 cm³/mol. The molecule has 6 nitrogen and oxygen atoms in total. The van der Waals surface area contributed by atoms with Gasteiger partial charge in [0.25, 0.3) is 0 Å². The second-order valence-electron chi connectivity index (χ2n) is 6.58. The summed E-state index contributed by atoms with van der Waals surface area (Å²) >= 11 is 0. The van der Waals surface area contributed by atoms with E-state index in [-0.39, 0.29) is 11.4 Å². The molecular formula is C16H23N3O3S. The SMILES string of the molecule is CS(=O)(=O)N1CCCC2(CCC(=O)N2Cc2cccnc2)CC1. The van der Waals surface area contributed by atoms with Gasteiger partial charge in [-0.3, -0.25) is 9.78 Å². The Morgan fingerprint density at radius 3 is 2.78 bits per heavy atom. The van der Waals surface area contributed by atoms with Crippen molar-refractivity contribution in [3.8, 4) is 0 Å². The standard InChI is InChI=1S/C16H23N3O3S/c1-23(21,22)18-10-3-6-16(8-11-18)7-5-15(20)19(16)13-14-4-2-9-17-12-14/h2,4,9,12H,3,5-8,10-11,13H2,1H3. The molecule has 1 spiro atoms. The third-order valence-corrected chi connectivity index (χ3v) is 6.39. The topological polar surface area (TPSA) is 70.6 Å². The van der Waals surface area contributed by atoms with Gasteiger partial charge in [-0.1, -0.05) is 6.07 Å². The first-order valence-electron chi connectivity index (χ1n) is 8.05. The van der Waals surface area contributed by atoms with Crippen molar-refractivity contribution in [2.45, 2.75) is 44.2 Å². The Balaban J connectivity index is 1.80. The Morgan fingerprint density at radius 2 is 2.09 bits per heavy atom. The Bertz CT molecular complexity index is 677. The smallest absolute Gasteiger partial charge is 0.223 e. The third kappa shape index (κ3) is 3.40. The maximum Gasteiger partial charge on any atom is 0.223 e. The fraction of sp³-hybridized carbons (Fsp3) is 0.625. The molecule has 1 unspecified atom stereocenters. The molecule has 126 valence electrons. The zero-order valence-electron chi connectivity index (χ0n) is 13.4. The van der Waals surface area contributed by atoms with Crippen LogP contribution >= 0.6 is 0 Å². The Labute approximate surface area is 137 Å². The Hall–Kier alpha value is -1.47. The van der Waals surface area contributed by atoms with Crippen LogP contribution in [0.1, 0.15) is 37.7 Å². The largest absolute Gasteiger partial charge is 0.333 e. The van der Waals surface area contributed by atoms with Gasteiger partial charge in [0.2, 0.25) is 15.9 Å². The predicted octanol–water partition coefficient (Wildman–Crippen LogP) is 1.39. The van der Waals surface area contributed by atoms with Crippen molar-refractivity contribution in [1.29, 1.82) is 0 Å². The number of rotatable bonds is 3. The fourth-order valence-corrected chi connectivity index (χ4v) is 4.69. The van der Waals surface area contributed by atoms with Crippen LogP contribution in [0.5, 0.6) is 0 Å². The molecule has 3 heterocycles. The van der Waals surface area contributed by atoms with Crippen molar-refractivity contribution in [1.82, 2.24) is 14.2 Å². The molecule has 2 aliphatic heterocycles. The summed E-state index contributed by atoms with van der Waals surface area (Å²) in [7, 11) is -3.17. The molecule has 3 rings (SSSR count). The van der Waals surface area contributed by atoms with Crippen molar-refractivity contribution >= 4 is 15.9 Å². The minimum absolute atomic E-state index is 0.168. The van der Waals surface area contributed by atoms with Crippen molar-refractivity contribution < 1.29 is 13.2 Å². The maximum atomic E-state index is 12.4. The summed E-state index contributed by atoms with van der Waals surface area (Å²) < 4.78 is 25.2. The number of aromatic nitrogens is 1. The molecule has 0 bridgehead atoms. The van der Waals surface area contributed by atoms with Crippen LogP contribution in [0.15, 0.2) is 24.5 Å². The van der Waals surface area contributed by atoms with Gasteiger partial charge >= 0.3 is 0 Å². The van der Waals surface area contributed by atoms with Crippen LogP contribution in [0.2, 0.25) is 0 Å². The zero-order chi connectivity index (χ0) is 16.5. The molecule has 0 aliphatic carbocycles. The monoisotopic (exact) mass is 337 g/mol. The maximum absolute atomic E-state index is 12.4. The van der Waals surface area contributed by atoms with Crippen LogP contribution in [-0.4, -0.2) is 53.4 Å². The van der Waals surface area contributed by atoms with Crippen LogP contribution in [0.4, 0.5) is 0 Å². The van der Waals surface area contributed by atoms with Crippen LogP contribution in [0.3, 0.4) is 0 Å². The quantitative estimate of drug-likeness (QED) is 0.836. The first-order chi connectivity index (χ1) is 10.9. The summed E-state index contributed by atoms with van der Waals surface area (Å²) in [4.78, 5) is 18.5. The first kappa shape index (κ1) is 16.4. The average Bonchev–Trinajstić information content (AvgIpc) is 2.70. The van der Waals surface area contributed by atoms with Gasteiger partial charge in [-0.15, -0.1) is 0 Å². The lowest BCUT2D eigenvalue weighted by Crippen LogP contribution is -2.46. The van der Waals surface area contributed by atoms with Crippen molar-refractivity contribution in [2.24, 2.45) is 0 Å². The van der Waals surface area contributed by atoms with E-state index in [0.29, 0.717) is 32.5 Å². The molecule has 1 aromatic heterocycles. The molecule has 2 aliphatic rings. The van der Waals surface area contributed by atoms with Crippen molar-refractivity contribution in [3.05, 3.63) is 30.1 Å². The van der Waals surface area contributed by atoms with Crippen molar-refractivity contribution in [2.75, 3.05) is 19.3 Å². The molecule has 0 aromatic carbocycles. The molecule has 23 heavy (non-hydrogen) atoms. The highest BCUT2D eigenvalue weighted by molar-refractivity contribution is 7.88. The summed E-state index contributed by atoms with van der Waals surface area (Å²) in [5.74, 6) is 0.168. The van der Waals surface area contributed by atoms with Gasteiger partial charge in [0, 0.05) is 44.0 Å². The van der Waals surface area contributed by atoms with Crippen molar-refractivity contribution in [3.63, 3.8) is 0 Å². The molecule has 0 N–H and O–H groups in total. The molecule has 0 radical (unpaired) electrons. The molecule has 1 aromatic rings. The van der Waals surface area contributed by atoms with Gasteiger partial charge in [-0.2, -0.15) is 0 Å². The van der Waals surface area contributed by atoms with E-state index in [0.717, 1.165) is 24.8 Å². The number of likely N-dealkylation sites (tertiary alicyclic amines) is 1. The number of sulfonamides is 1. The number of carbonyl (C=O) groups excluding carboxylic acids is 1. The first-order valence-corrected chi connectivity index (χ1v) is 9.90. The molecule has 2 saturated heterocycles. The summed E-state index contributed by atoms with van der Waals surface area (Å²) in [5.41, 5.74) is 0.818. The highest BCUT2D eigenvalue weighted by atomic mass is 32.2. The number of pyridine rings is 1. The Morgan fingerprint density at radius 1 is 1.26 bits per heavy atom. The number of carbonyl (C=O) groups is 1. The highest BCUT2D eigenvalue weighted by Gasteiger charge is 2.46. The minimum atomic E-state index is -3.17. The normalized spacial score (nSPS) is 26.7. The zero-order valence-corrected chi connectivity index (χ0v) is 14.3. The number of amides is 1. The molecule has 0 saturated carbocycles. The summed E-state index contributed by atoms with van der Waals surface area (Å²) in [6, 6.07) is 3.85. The van der Waals surface area contributed by atoms with E-state index >= 15 is 0 Å². The van der Waals surface area contributed by atoms with Gasteiger partial charge < -0.3 is 4.90 Å². The van der Waals surface area contributed by atoms with Gasteiger partial charge in [0.1, 0.15) is 0 Å². The lowest BCUT2D eigenvalue weighted by molar-refractivity contribution is -0.132. The van der Waals surface area contributed by atoms with Crippen LogP contribution < -0.4 is 0 Å². The third-order valence-electron chi connectivity index (χ3n) is 5.09. The van der Waals surface area contributed by atoms with E-state index in [4.69, 9.17) is 0 Å².